The maximum Gasteiger partial charge on any atom is 0.295 e. The third-order valence-corrected chi connectivity index (χ3v) is 7.10. The Morgan fingerprint density at radius 2 is 1.79 bits per heavy atom. The number of nitrogens with zero attached hydrogens (tertiary/aromatic N) is 3. The van der Waals surface area contributed by atoms with Crippen molar-refractivity contribution in [2.24, 2.45) is 0 Å². The van der Waals surface area contributed by atoms with Crippen molar-refractivity contribution < 1.29 is 24.2 Å². The van der Waals surface area contributed by atoms with Crippen molar-refractivity contribution >= 4 is 23.1 Å². The number of fused-ring (bicyclic) bond motifs is 1. The van der Waals surface area contributed by atoms with E-state index >= 15 is 0 Å². The molecule has 2 heterocycles. The molecule has 5 rings (SSSR count). The summed E-state index contributed by atoms with van der Waals surface area (Å²) in [5.41, 5.74) is 3.14. The van der Waals surface area contributed by atoms with Gasteiger partial charge in [-0.25, -0.2) is 0 Å². The van der Waals surface area contributed by atoms with E-state index in [1.54, 1.807) is 23.1 Å². The lowest BCUT2D eigenvalue weighted by molar-refractivity contribution is -0.140. The van der Waals surface area contributed by atoms with E-state index in [1.807, 2.05) is 85.5 Å². The van der Waals surface area contributed by atoms with E-state index < -0.39 is 17.7 Å². The van der Waals surface area contributed by atoms with Crippen LogP contribution >= 0.6 is 0 Å². The zero-order valence-corrected chi connectivity index (χ0v) is 22.5. The van der Waals surface area contributed by atoms with Crippen molar-refractivity contribution in [2.75, 3.05) is 52.3 Å². The molecule has 0 aliphatic carbocycles. The molecule has 1 saturated heterocycles. The van der Waals surface area contributed by atoms with Gasteiger partial charge < -0.3 is 29.3 Å². The van der Waals surface area contributed by atoms with E-state index in [0.29, 0.717) is 44.2 Å². The number of carbonyl (C=O) groups is 2. The molecule has 0 spiro atoms. The summed E-state index contributed by atoms with van der Waals surface area (Å²) in [6, 6.07) is 21.8. The second-order valence-corrected chi connectivity index (χ2v) is 10.1. The molecule has 0 bridgehead atoms. The SMILES string of the molecule is CN(C)CCN1C(=O)C(=O)/C(=C(\O)c2ccc3c(c2)N(C)CCO3)C1c1ccc(OCc2ccccc2)cc1. The van der Waals surface area contributed by atoms with Crippen LogP contribution in [-0.4, -0.2) is 74.0 Å². The molecular formula is C31H33N3O5. The minimum Gasteiger partial charge on any atom is -0.507 e. The van der Waals surface area contributed by atoms with Crippen LogP contribution in [0.3, 0.4) is 0 Å². The van der Waals surface area contributed by atoms with E-state index in [2.05, 4.69) is 0 Å². The van der Waals surface area contributed by atoms with Gasteiger partial charge in [-0.1, -0.05) is 42.5 Å². The monoisotopic (exact) mass is 527 g/mol. The van der Waals surface area contributed by atoms with Crippen molar-refractivity contribution in [2.45, 2.75) is 12.6 Å². The number of aliphatic hydroxyl groups excluding tert-OH is 1. The number of rotatable bonds is 8. The molecule has 3 aromatic carbocycles. The zero-order valence-electron chi connectivity index (χ0n) is 22.5. The fraction of sp³-hybridized carbons (Fsp3) is 0.290. The first-order valence-corrected chi connectivity index (χ1v) is 13.0. The molecule has 0 aromatic heterocycles. The molecule has 1 amide bonds. The Balaban J connectivity index is 1.50. The molecule has 1 fully saturated rings. The first kappa shape index (κ1) is 26.3. The summed E-state index contributed by atoms with van der Waals surface area (Å²) >= 11 is 0. The van der Waals surface area contributed by atoms with E-state index in [0.717, 1.165) is 22.6 Å². The fourth-order valence-electron chi connectivity index (χ4n) is 4.91. The van der Waals surface area contributed by atoms with Gasteiger partial charge in [0.1, 0.15) is 30.5 Å². The number of benzene rings is 3. The van der Waals surface area contributed by atoms with E-state index in [9.17, 15) is 14.7 Å². The number of hydrogen-bond acceptors (Lipinski definition) is 7. The lowest BCUT2D eigenvalue weighted by Crippen LogP contribution is -2.35. The zero-order chi connectivity index (χ0) is 27.5. The smallest absolute Gasteiger partial charge is 0.295 e. The van der Waals surface area contributed by atoms with Crippen LogP contribution in [0.5, 0.6) is 11.5 Å². The highest BCUT2D eigenvalue weighted by atomic mass is 16.5. The highest BCUT2D eigenvalue weighted by Gasteiger charge is 2.46. The van der Waals surface area contributed by atoms with Crippen LogP contribution in [-0.2, 0) is 16.2 Å². The molecule has 2 aliphatic rings. The molecule has 3 aromatic rings. The summed E-state index contributed by atoms with van der Waals surface area (Å²) < 4.78 is 11.7. The highest BCUT2D eigenvalue weighted by Crippen LogP contribution is 2.41. The summed E-state index contributed by atoms with van der Waals surface area (Å²) in [6.07, 6.45) is 0. The predicted octanol–water partition coefficient (Wildman–Crippen LogP) is 4.08. The van der Waals surface area contributed by atoms with Gasteiger partial charge in [-0.05, 0) is 55.6 Å². The summed E-state index contributed by atoms with van der Waals surface area (Å²) in [4.78, 5) is 32.1. The fourth-order valence-corrected chi connectivity index (χ4v) is 4.91. The van der Waals surface area contributed by atoms with Crippen LogP contribution < -0.4 is 14.4 Å². The Morgan fingerprint density at radius 3 is 2.51 bits per heavy atom. The van der Waals surface area contributed by atoms with Gasteiger partial charge >= 0.3 is 0 Å². The van der Waals surface area contributed by atoms with Crippen LogP contribution in [0.2, 0.25) is 0 Å². The molecule has 202 valence electrons. The van der Waals surface area contributed by atoms with Gasteiger partial charge in [-0.2, -0.15) is 0 Å². The number of hydrogen-bond donors (Lipinski definition) is 1. The third-order valence-electron chi connectivity index (χ3n) is 7.10. The Hall–Kier alpha value is -4.30. The van der Waals surface area contributed by atoms with E-state index in [1.165, 1.54) is 0 Å². The maximum atomic E-state index is 13.4. The van der Waals surface area contributed by atoms with Crippen LogP contribution in [0.1, 0.15) is 22.7 Å². The number of likely N-dealkylation sites (tertiary alicyclic amines) is 1. The second kappa shape index (κ2) is 11.2. The minimum absolute atomic E-state index is 0.0797. The second-order valence-electron chi connectivity index (χ2n) is 10.1. The highest BCUT2D eigenvalue weighted by molar-refractivity contribution is 6.46. The average molecular weight is 528 g/mol. The average Bonchev–Trinajstić information content (AvgIpc) is 3.20. The van der Waals surface area contributed by atoms with Crippen molar-refractivity contribution in [3.8, 4) is 11.5 Å². The molecular weight excluding hydrogens is 494 g/mol. The molecule has 1 unspecified atom stereocenters. The van der Waals surface area contributed by atoms with Crippen LogP contribution in [0.4, 0.5) is 5.69 Å². The minimum atomic E-state index is -0.724. The first-order chi connectivity index (χ1) is 18.8. The number of anilines is 1. The molecule has 2 aliphatic heterocycles. The number of ketones is 1. The van der Waals surface area contributed by atoms with Crippen molar-refractivity contribution in [3.63, 3.8) is 0 Å². The van der Waals surface area contributed by atoms with Crippen molar-refractivity contribution in [1.82, 2.24) is 9.80 Å². The number of Topliss-reactive ketones (excluding diaryl/α,β-unsaturated/α-hetero) is 1. The number of likely N-dealkylation sites (N-methyl/N-ethyl adjacent to an activating group) is 2. The van der Waals surface area contributed by atoms with Gasteiger partial charge in [0, 0.05) is 25.7 Å². The third kappa shape index (κ3) is 5.47. The Labute approximate surface area is 228 Å². The van der Waals surface area contributed by atoms with E-state index in [4.69, 9.17) is 9.47 Å². The topological polar surface area (TPSA) is 82.6 Å². The van der Waals surface area contributed by atoms with Crippen molar-refractivity contribution in [1.29, 1.82) is 0 Å². The Bertz CT molecular complexity index is 1390. The van der Waals surface area contributed by atoms with Crippen LogP contribution in [0.15, 0.2) is 78.4 Å². The summed E-state index contributed by atoms with van der Waals surface area (Å²) in [6.45, 7) is 2.63. The largest absolute Gasteiger partial charge is 0.507 e. The maximum absolute atomic E-state index is 13.4. The lowest BCUT2D eigenvalue weighted by atomic mass is 9.95. The summed E-state index contributed by atoms with van der Waals surface area (Å²) in [7, 11) is 5.78. The van der Waals surface area contributed by atoms with Gasteiger partial charge in [0.05, 0.1) is 23.8 Å². The normalized spacial score (nSPS) is 18.3. The predicted molar refractivity (Wildman–Crippen MR) is 150 cm³/mol. The molecule has 39 heavy (non-hydrogen) atoms. The molecule has 0 saturated carbocycles. The Kier molecular flexibility index (Phi) is 7.56. The lowest BCUT2D eigenvalue weighted by Gasteiger charge is -2.28. The van der Waals surface area contributed by atoms with Crippen molar-refractivity contribution in [3.05, 3.63) is 95.1 Å². The molecule has 8 nitrogen and oxygen atoms in total. The number of amides is 1. The number of aliphatic hydroxyl groups is 1. The number of carbonyl (C=O) groups excluding carboxylic acids is 2. The standard InChI is InChI=1S/C31H33N3O5/c1-32(2)15-16-34-28(22-9-12-24(13-10-22)39-20-21-7-5-4-6-8-21)27(30(36)31(34)37)29(35)23-11-14-26-25(19-23)33(3)17-18-38-26/h4-14,19,28,35H,15-18,20H2,1-3H3/b29-27-. The van der Waals surface area contributed by atoms with Gasteiger partial charge in [0.25, 0.3) is 11.7 Å². The van der Waals surface area contributed by atoms with Gasteiger partial charge in [0.2, 0.25) is 0 Å². The molecule has 1 atom stereocenters. The van der Waals surface area contributed by atoms with Gasteiger partial charge in [-0.15, -0.1) is 0 Å². The van der Waals surface area contributed by atoms with Gasteiger partial charge in [0.15, 0.2) is 0 Å². The number of ether oxygens (including phenoxy) is 2. The molecule has 1 N–H and O–H groups in total. The summed E-state index contributed by atoms with van der Waals surface area (Å²) in [5.74, 6) is -0.119. The Morgan fingerprint density at radius 1 is 1.05 bits per heavy atom. The van der Waals surface area contributed by atoms with Gasteiger partial charge in [-0.3, -0.25) is 9.59 Å². The summed E-state index contributed by atoms with van der Waals surface area (Å²) in [5, 5.41) is 11.5. The van der Waals surface area contributed by atoms with E-state index in [-0.39, 0.29) is 11.3 Å². The molecule has 8 heteroatoms. The van der Waals surface area contributed by atoms with Crippen LogP contribution in [0.25, 0.3) is 5.76 Å². The van der Waals surface area contributed by atoms with Crippen LogP contribution in [0, 0.1) is 0 Å². The quantitative estimate of drug-likeness (QED) is 0.269. The molecule has 0 radical (unpaired) electrons. The first-order valence-electron chi connectivity index (χ1n) is 13.0.